The van der Waals surface area contributed by atoms with E-state index in [0.29, 0.717) is 34.8 Å². The summed E-state index contributed by atoms with van der Waals surface area (Å²) in [4.78, 5) is 22.3. The zero-order chi connectivity index (χ0) is 33.7. The number of alkyl halides is 3. The molecule has 0 bridgehead atoms. The molecule has 0 radical (unpaired) electrons. The van der Waals surface area contributed by atoms with Crippen molar-refractivity contribution in [1.82, 2.24) is 14.8 Å². The Hall–Kier alpha value is -5.04. The van der Waals surface area contributed by atoms with Crippen molar-refractivity contribution in [3.63, 3.8) is 0 Å². The minimum Gasteiger partial charge on any atom is -0.493 e. The highest BCUT2D eigenvalue weighted by atomic mass is 19.4. The number of piperidine rings is 1. The maximum absolute atomic E-state index is 15.2. The number of fused-ring (bicyclic) bond motifs is 1. The number of methoxy groups -OCH3 is 1. The molecule has 0 aliphatic carbocycles. The largest absolute Gasteiger partial charge is 0.493 e. The molecule has 6 rings (SSSR count). The van der Waals surface area contributed by atoms with Crippen LogP contribution in [0.25, 0.3) is 10.9 Å². The lowest BCUT2D eigenvalue weighted by molar-refractivity contribution is -0.137. The normalized spacial score (nSPS) is 15.2. The van der Waals surface area contributed by atoms with Crippen LogP contribution in [-0.4, -0.2) is 60.8 Å². The number of amides is 2. The van der Waals surface area contributed by atoms with Gasteiger partial charge in [0.15, 0.2) is 23.1 Å². The highest BCUT2D eigenvalue weighted by Gasteiger charge is 2.35. The highest BCUT2D eigenvalue weighted by Crippen LogP contribution is 2.39. The number of benzene rings is 3. The first-order chi connectivity index (χ1) is 23.2. The molecule has 2 aliphatic rings. The van der Waals surface area contributed by atoms with Crippen molar-refractivity contribution in [2.45, 2.75) is 31.9 Å². The smallest absolute Gasteiger partial charge is 0.418 e. The molecule has 9 nitrogen and oxygen atoms in total. The first-order valence-electron chi connectivity index (χ1n) is 15.7. The van der Waals surface area contributed by atoms with Gasteiger partial charge in [0.05, 0.1) is 30.5 Å². The summed E-state index contributed by atoms with van der Waals surface area (Å²) in [5.41, 5.74) is -0.190. The monoisotopic (exact) mass is 665 g/mol. The summed E-state index contributed by atoms with van der Waals surface area (Å²) in [6.45, 7) is 3.61. The maximum atomic E-state index is 15.2. The van der Waals surface area contributed by atoms with E-state index in [4.69, 9.17) is 14.2 Å². The lowest BCUT2D eigenvalue weighted by atomic mass is 10.1. The number of nitrogens with zero attached hydrogens (tertiary/aromatic N) is 4. The van der Waals surface area contributed by atoms with E-state index in [0.717, 1.165) is 38.2 Å². The summed E-state index contributed by atoms with van der Waals surface area (Å²) >= 11 is 0. The molecule has 2 amide bonds. The molecule has 0 saturated carbocycles. The lowest BCUT2D eigenvalue weighted by Crippen LogP contribution is -2.34. The Morgan fingerprint density at radius 2 is 1.75 bits per heavy atom. The quantitative estimate of drug-likeness (QED) is 0.135. The number of halogens is 4. The van der Waals surface area contributed by atoms with Gasteiger partial charge in [0.2, 0.25) is 0 Å². The van der Waals surface area contributed by atoms with E-state index in [2.05, 4.69) is 15.2 Å². The van der Waals surface area contributed by atoms with Gasteiger partial charge < -0.3 is 29.3 Å². The van der Waals surface area contributed by atoms with Crippen LogP contribution in [0, 0.1) is 5.82 Å². The predicted molar refractivity (Wildman–Crippen MR) is 174 cm³/mol. The molecule has 0 spiro atoms. The number of para-hydroxylation sites is 1. The number of ether oxygens (including phenoxy) is 3. The molecular weight excluding hydrogens is 630 g/mol. The highest BCUT2D eigenvalue weighted by molar-refractivity contribution is 5.91. The molecule has 0 unspecified atom stereocenters. The Kier molecular flexibility index (Phi) is 9.85. The SMILES string of the molecule is COc1cc2c(Oc3ccc(NC(=O)N4C=CN(c5ccccc5C(F)(F)F)C4)cc3F)ccnc2cc1OCCCN1CCCCC1. The van der Waals surface area contributed by atoms with Crippen molar-refractivity contribution in [3.05, 3.63) is 90.6 Å². The Balaban J connectivity index is 1.09. The average molecular weight is 666 g/mol. The third-order valence-corrected chi connectivity index (χ3v) is 8.23. The number of hydrogen-bond donors (Lipinski definition) is 1. The van der Waals surface area contributed by atoms with E-state index in [1.165, 1.54) is 71.8 Å². The van der Waals surface area contributed by atoms with E-state index >= 15 is 4.39 Å². The Labute approximate surface area is 275 Å². The predicted octanol–water partition coefficient (Wildman–Crippen LogP) is 8.23. The molecule has 13 heteroatoms. The standard InChI is InChI=1S/C35H35F4N5O4/c1-46-32-21-25-28(22-33(32)47-19-7-16-42-14-5-2-6-15-42)40-13-12-30(25)48-31-11-10-24(20-27(31)36)41-34(45)44-18-17-43(23-44)29-9-4-3-8-26(29)35(37,38)39/h3-4,8-13,17-18,20-22H,2,5-7,14-16,19,23H2,1H3,(H,41,45). The number of hydrogen-bond acceptors (Lipinski definition) is 7. The van der Waals surface area contributed by atoms with Crippen molar-refractivity contribution in [2.24, 2.45) is 0 Å². The van der Waals surface area contributed by atoms with Gasteiger partial charge in [-0.15, -0.1) is 0 Å². The number of nitrogens with one attached hydrogen (secondary N) is 1. The molecule has 48 heavy (non-hydrogen) atoms. The van der Waals surface area contributed by atoms with Gasteiger partial charge in [-0.3, -0.25) is 9.88 Å². The molecule has 3 heterocycles. The first kappa shape index (κ1) is 32.9. The third kappa shape index (κ3) is 7.57. The number of anilines is 2. The van der Waals surface area contributed by atoms with Crippen LogP contribution >= 0.6 is 0 Å². The first-order valence-corrected chi connectivity index (χ1v) is 15.7. The van der Waals surface area contributed by atoms with Gasteiger partial charge in [-0.1, -0.05) is 18.6 Å². The van der Waals surface area contributed by atoms with Crippen LogP contribution in [0.4, 0.5) is 33.7 Å². The van der Waals surface area contributed by atoms with Crippen molar-refractivity contribution in [2.75, 3.05) is 50.2 Å². The van der Waals surface area contributed by atoms with E-state index in [-0.39, 0.29) is 23.8 Å². The van der Waals surface area contributed by atoms with Crippen molar-refractivity contribution in [1.29, 1.82) is 0 Å². The number of carbonyl (C=O) groups is 1. The molecule has 3 aromatic carbocycles. The van der Waals surface area contributed by atoms with E-state index in [1.54, 1.807) is 31.5 Å². The molecular formula is C35H35F4N5O4. The van der Waals surface area contributed by atoms with Crippen LogP contribution in [-0.2, 0) is 6.18 Å². The average Bonchev–Trinajstić information content (AvgIpc) is 3.58. The second kappa shape index (κ2) is 14.4. The summed E-state index contributed by atoms with van der Waals surface area (Å²) in [6.07, 6.45) is 4.39. The third-order valence-electron chi connectivity index (χ3n) is 8.23. The summed E-state index contributed by atoms with van der Waals surface area (Å²) in [7, 11) is 1.54. The number of urea groups is 1. The Bertz CT molecular complexity index is 1800. The Morgan fingerprint density at radius 1 is 0.938 bits per heavy atom. The zero-order valence-corrected chi connectivity index (χ0v) is 26.3. The van der Waals surface area contributed by atoms with Gasteiger partial charge in [-0.25, -0.2) is 9.18 Å². The van der Waals surface area contributed by atoms with Gasteiger partial charge in [-0.2, -0.15) is 13.2 Å². The second-order valence-electron chi connectivity index (χ2n) is 11.5. The van der Waals surface area contributed by atoms with Gasteiger partial charge in [-0.05, 0) is 68.8 Å². The topological polar surface area (TPSA) is 79.4 Å². The minimum atomic E-state index is -4.56. The van der Waals surface area contributed by atoms with Crippen molar-refractivity contribution >= 4 is 28.3 Å². The fourth-order valence-electron chi connectivity index (χ4n) is 5.79. The lowest BCUT2D eigenvalue weighted by Gasteiger charge is -2.26. The number of carbonyl (C=O) groups excluding carboxylic acids is 1. The molecule has 1 N–H and O–H groups in total. The van der Waals surface area contributed by atoms with Crippen LogP contribution < -0.4 is 24.4 Å². The van der Waals surface area contributed by atoms with E-state index < -0.39 is 23.6 Å². The number of pyridine rings is 1. The molecule has 4 aromatic rings. The summed E-state index contributed by atoms with van der Waals surface area (Å²) < 4.78 is 73.2. The molecule has 252 valence electrons. The van der Waals surface area contributed by atoms with Crippen molar-refractivity contribution < 1.29 is 36.6 Å². The van der Waals surface area contributed by atoms with Crippen molar-refractivity contribution in [3.8, 4) is 23.0 Å². The van der Waals surface area contributed by atoms with E-state index in [1.807, 2.05) is 0 Å². The summed E-state index contributed by atoms with van der Waals surface area (Å²) in [5, 5.41) is 3.16. The van der Waals surface area contributed by atoms with Crippen LogP contribution in [0.3, 0.4) is 0 Å². The number of aromatic nitrogens is 1. The van der Waals surface area contributed by atoms with E-state index in [9.17, 15) is 18.0 Å². The van der Waals surface area contributed by atoms with Gasteiger partial charge in [0, 0.05) is 48.3 Å². The van der Waals surface area contributed by atoms with Gasteiger partial charge >= 0.3 is 12.2 Å². The minimum absolute atomic E-state index is 0.0858. The van der Waals surface area contributed by atoms with Crippen LogP contribution in [0.15, 0.2) is 79.3 Å². The van der Waals surface area contributed by atoms with Crippen LogP contribution in [0.5, 0.6) is 23.0 Å². The fraction of sp³-hybridized carbons (Fsp3) is 0.314. The van der Waals surface area contributed by atoms with Gasteiger partial charge in [0.25, 0.3) is 0 Å². The van der Waals surface area contributed by atoms with Crippen LogP contribution in [0.2, 0.25) is 0 Å². The summed E-state index contributed by atoms with van der Waals surface area (Å²) in [6, 6.07) is 13.5. The second-order valence-corrected chi connectivity index (χ2v) is 11.5. The van der Waals surface area contributed by atoms with Crippen LogP contribution in [0.1, 0.15) is 31.2 Å². The fourth-order valence-corrected chi connectivity index (χ4v) is 5.79. The number of rotatable bonds is 10. The van der Waals surface area contributed by atoms with Gasteiger partial charge in [0.1, 0.15) is 12.4 Å². The Morgan fingerprint density at radius 3 is 2.52 bits per heavy atom. The maximum Gasteiger partial charge on any atom is 0.418 e. The molecule has 1 aromatic heterocycles. The molecule has 1 fully saturated rings. The molecule has 1 saturated heterocycles. The summed E-state index contributed by atoms with van der Waals surface area (Å²) in [5.74, 6) is 0.560. The molecule has 0 atom stereocenters. The molecule has 2 aliphatic heterocycles. The number of likely N-dealkylation sites (tertiary alicyclic amines) is 1. The zero-order valence-electron chi connectivity index (χ0n) is 26.3.